The van der Waals surface area contributed by atoms with Crippen LogP contribution < -0.4 is 14.2 Å². The summed E-state index contributed by atoms with van der Waals surface area (Å²) in [6.45, 7) is 0. The number of carboxylic acids is 1. The molecule has 1 N–H and O–H groups in total. The molecule has 2 rings (SSSR count). The number of benzene rings is 1. The van der Waals surface area contributed by atoms with Crippen molar-refractivity contribution < 1.29 is 28.5 Å². The van der Waals surface area contributed by atoms with Crippen molar-refractivity contribution in [1.29, 1.82) is 0 Å². The predicted octanol–water partition coefficient (Wildman–Crippen LogP) is 1.99. The van der Waals surface area contributed by atoms with Crippen molar-refractivity contribution >= 4 is 5.97 Å². The number of aliphatic carboxylic acids is 1. The maximum atomic E-state index is 10.7. The van der Waals surface area contributed by atoms with Crippen LogP contribution in [0.3, 0.4) is 0 Å². The second-order valence-corrected chi connectivity index (χ2v) is 4.13. The molecule has 0 saturated heterocycles. The summed E-state index contributed by atoms with van der Waals surface area (Å²) in [5.41, 5.74) is 0.937. The van der Waals surface area contributed by atoms with E-state index < -0.39 is 5.97 Å². The lowest BCUT2D eigenvalue weighted by molar-refractivity contribution is -0.136. The molecule has 0 unspecified atom stereocenters. The van der Waals surface area contributed by atoms with Crippen molar-refractivity contribution in [3.8, 4) is 28.7 Å². The Hall–Kier alpha value is -2.70. The molecule has 0 spiro atoms. The number of hydrogen-bond donors (Lipinski definition) is 1. The summed E-state index contributed by atoms with van der Waals surface area (Å²) in [7, 11) is 4.52. The third kappa shape index (κ3) is 3.07. The standard InChI is InChI=1S/C14H15NO6/c1-18-10-4-8(5-11(19-2)13(10)20-3)14-15-9(7-21-14)6-12(16)17/h4-5,7H,6H2,1-3H3,(H,16,17). The normalized spacial score (nSPS) is 10.2. The molecule has 7 heteroatoms. The summed E-state index contributed by atoms with van der Waals surface area (Å²) < 4.78 is 21.0. The molecule has 0 fully saturated rings. The average Bonchev–Trinajstić information content (AvgIpc) is 2.93. The minimum absolute atomic E-state index is 0.200. The zero-order valence-electron chi connectivity index (χ0n) is 11.9. The molecule has 0 bridgehead atoms. The SMILES string of the molecule is COc1cc(-c2nc(CC(=O)O)co2)cc(OC)c1OC. The maximum Gasteiger partial charge on any atom is 0.309 e. The summed E-state index contributed by atoms with van der Waals surface area (Å²) in [5.74, 6) is 0.695. The average molecular weight is 293 g/mol. The smallest absolute Gasteiger partial charge is 0.309 e. The molecule has 2 aromatic rings. The summed E-state index contributed by atoms with van der Waals surface area (Å²) in [5, 5.41) is 8.74. The van der Waals surface area contributed by atoms with Gasteiger partial charge < -0.3 is 23.7 Å². The largest absolute Gasteiger partial charge is 0.493 e. The Morgan fingerprint density at radius 1 is 1.19 bits per heavy atom. The number of rotatable bonds is 6. The van der Waals surface area contributed by atoms with Gasteiger partial charge in [-0.2, -0.15) is 0 Å². The molecular formula is C14H15NO6. The van der Waals surface area contributed by atoms with Gasteiger partial charge in [-0.1, -0.05) is 0 Å². The lowest BCUT2D eigenvalue weighted by Gasteiger charge is -2.12. The van der Waals surface area contributed by atoms with Gasteiger partial charge in [0.15, 0.2) is 11.5 Å². The topological polar surface area (TPSA) is 91.0 Å². The Labute approximate surface area is 121 Å². The zero-order valence-corrected chi connectivity index (χ0v) is 11.9. The van der Waals surface area contributed by atoms with Crippen LogP contribution in [0.5, 0.6) is 17.2 Å². The van der Waals surface area contributed by atoms with Crippen molar-refractivity contribution in [3.05, 3.63) is 24.1 Å². The predicted molar refractivity (Wildman–Crippen MR) is 72.9 cm³/mol. The van der Waals surface area contributed by atoms with E-state index in [4.69, 9.17) is 23.7 Å². The van der Waals surface area contributed by atoms with Crippen LogP contribution in [-0.4, -0.2) is 37.4 Å². The number of ether oxygens (including phenoxy) is 3. The lowest BCUT2D eigenvalue weighted by Crippen LogP contribution is -2.00. The Balaban J connectivity index is 2.44. The Bertz CT molecular complexity index is 624. The summed E-state index contributed by atoms with van der Waals surface area (Å²) in [6, 6.07) is 3.36. The van der Waals surface area contributed by atoms with E-state index in [1.54, 1.807) is 12.1 Å². The van der Waals surface area contributed by atoms with Crippen LogP contribution in [0.4, 0.5) is 0 Å². The minimum Gasteiger partial charge on any atom is -0.493 e. The first-order chi connectivity index (χ1) is 10.1. The second kappa shape index (κ2) is 6.17. The van der Waals surface area contributed by atoms with Gasteiger partial charge in [-0.3, -0.25) is 4.79 Å². The fraction of sp³-hybridized carbons (Fsp3) is 0.286. The number of aromatic nitrogens is 1. The van der Waals surface area contributed by atoms with Gasteiger partial charge in [-0.15, -0.1) is 0 Å². The number of carbonyl (C=O) groups is 1. The fourth-order valence-corrected chi connectivity index (χ4v) is 1.88. The van der Waals surface area contributed by atoms with E-state index in [0.29, 0.717) is 28.5 Å². The van der Waals surface area contributed by atoms with Crippen molar-refractivity contribution in [2.45, 2.75) is 6.42 Å². The van der Waals surface area contributed by atoms with E-state index in [1.807, 2.05) is 0 Å². The van der Waals surface area contributed by atoms with Crippen LogP contribution in [0.15, 0.2) is 22.8 Å². The van der Waals surface area contributed by atoms with Crippen LogP contribution in [0, 0.1) is 0 Å². The van der Waals surface area contributed by atoms with Gasteiger partial charge in [0, 0.05) is 5.56 Å². The van der Waals surface area contributed by atoms with Crippen LogP contribution in [0.1, 0.15) is 5.69 Å². The van der Waals surface area contributed by atoms with E-state index in [9.17, 15) is 4.79 Å². The number of nitrogens with zero attached hydrogens (tertiary/aromatic N) is 1. The minimum atomic E-state index is -0.972. The van der Waals surface area contributed by atoms with Gasteiger partial charge in [0.05, 0.1) is 33.4 Å². The monoisotopic (exact) mass is 293 g/mol. The molecule has 1 heterocycles. The second-order valence-electron chi connectivity index (χ2n) is 4.13. The maximum absolute atomic E-state index is 10.7. The van der Waals surface area contributed by atoms with Gasteiger partial charge in [0.25, 0.3) is 0 Å². The van der Waals surface area contributed by atoms with E-state index in [2.05, 4.69) is 4.98 Å². The van der Waals surface area contributed by atoms with Crippen molar-refractivity contribution in [2.24, 2.45) is 0 Å². The first-order valence-electron chi connectivity index (χ1n) is 6.05. The third-order valence-electron chi connectivity index (χ3n) is 2.80. The molecule has 1 aromatic heterocycles. The third-order valence-corrected chi connectivity index (χ3v) is 2.80. The van der Waals surface area contributed by atoms with Crippen LogP contribution >= 0.6 is 0 Å². The van der Waals surface area contributed by atoms with Gasteiger partial charge in [-0.05, 0) is 12.1 Å². The number of oxazole rings is 1. The van der Waals surface area contributed by atoms with Gasteiger partial charge in [0.2, 0.25) is 11.6 Å². The summed E-state index contributed by atoms with van der Waals surface area (Å²) in [4.78, 5) is 14.8. The first kappa shape index (κ1) is 14.7. The van der Waals surface area contributed by atoms with Crippen molar-refractivity contribution in [3.63, 3.8) is 0 Å². The molecule has 0 aliphatic heterocycles. The van der Waals surface area contributed by atoms with E-state index in [0.717, 1.165) is 0 Å². The number of methoxy groups -OCH3 is 3. The molecule has 0 aliphatic carbocycles. The van der Waals surface area contributed by atoms with Gasteiger partial charge >= 0.3 is 5.97 Å². The molecule has 112 valence electrons. The van der Waals surface area contributed by atoms with Gasteiger partial charge in [-0.25, -0.2) is 4.98 Å². The van der Waals surface area contributed by atoms with Crippen LogP contribution in [-0.2, 0) is 11.2 Å². The summed E-state index contributed by atoms with van der Waals surface area (Å²) >= 11 is 0. The highest BCUT2D eigenvalue weighted by Crippen LogP contribution is 2.40. The highest BCUT2D eigenvalue weighted by Gasteiger charge is 2.17. The Morgan fingerprint density at radius 3 is 2.29 bits per heavy atom. The molecule has 0 aliphatic rings. The molecule has 0 atom stereocenters. The van der Waals surface area contributed by atoms with Gasteiger partial charge in [0.1, 0.15) is 6.26 Å². The number of hydrogen-bond acceptors (Lipinski definition) is 6. The van der Waals surface area contributed by atoms with E-state index in [-0.39, 0.29) is 12.3 Å². The Kier molecular flexibility index (Phi) is 4.32. The highest BCUT2D eigenvalue weighted by molar-refractivity contribution is 5.70. The Morgan fingerprint density at radius 2 is 1.81 bits per heavy atom. The molecule has 7 nitrogen and oxygen atoms in total. The zero-order chi connectivity index (χ0) is 15.4. The molecule has 0 saturated carbocycles. The van der Waals surface area contributed by atoms with Crippen LogP contribution in [0.2, 0.25) is 0 Å². The molecule has 21 heavy (non-hydrogen) atoms. The first-order valence-corrected chi connectivity index (χ1v) is 6.05. The molecule has 0 radical (unpaired) electrons. The van der Waals surface area contributed by atoms with Crippen LogP contribution in [0.25, 0.3) is 11.5 Å². The van der Waals surface area contributed by atoms with E-state index >= 15 is 0 Å². The molecule has 0 amide bonds. The van der Waals surface area contributed by atoms with E-state index in [1.165, 1.54) is 27.6 Å². The quantitative estimate of drug-likeness (QED) is 0.870. The lowest BCUT2D eigenvalue weighted by atomic mass is 10.2. The molecule has 1 aromatic carbocycles. The number of carboxylic acid groups (broad SMARTS) is 1. The molecular weight excluding hydrogens is 278 g/mol. The van der Waals surface area contributed by atoms with Crippen molar-refractivity contribution in [2.75, 3.05) is 21.3 Å². The summed E-state index contributed by atoms with van der Waals surface area (Å²) in [6.07, 6.45) is 1.11. The van der Waals surface area contributed by atoms with Crippen molar-refractivity contribution in [1.82, 2.24) is 4.98 Å². The highest BCUT2D eigenvalue weighted by atomic mass is 16.5. The fourth-order valence-electron chi connectivity index (χ4n) is 1.88.